The summed E-state index contributed by atoms with van der Waals surface area (Å²) in [5.41, 5.74) is -2.91. The molecule has 2 heterocycles. The Morgan fingerprint density at radius 2 is 1.64 bits per heavy atom. The Hall–Kier alpha value is -1.77. The number of rotatable bonds is 3. The van der Waals surface area contributed by atoms with Crippen molar-refractivity contribution in [3.63, 3.8) is 0 Å². The van der Waals surface area contributed by atoms with Crippen molar-refractivity contribution in [2.45, 2.75) is 50.4 Å². The predicted octanol–water partition coefficient (Wildman–Crippen LogP) is 4.00. The molecule has 3 rings (SSSR count). The van der Waals surface area contributed by atoms with Gasteiger partial charge in [-0.1, -0.05) is 0 Å². The van der Waals surface area contributed by atoms with Gasteiger partial charge in [-0.05, 0) is 36.6 Å². The van der Waals surface area contributed by atoms with E-state index in [0.717, 1.165) is 0 Å². The second-order valence-electron chi connectivity index (χ2n) is 6.32. The minimum absolute atomic E-state index is 0.00882. The molecule has 0 N–H and O–H groups in total. The fourth-order valence-electron chi connectivity index (χ4n) is 3.32. The Morgan fingerprint density at radius 1 is 1.04 bits per heavy atom. The van der Waals surface area contributed by atoms with Crippen LogP contribution in [0, 0.1) is 0 Å². The molecule has 3 nitrogen and oxygen atoms in total. The molecular weight excluding hydrogens is 352 g/mol. The van der Waals surface area contributed by atoms with E-state index in [1.54, 1.807) is 4.90 Å². The molecule has 9 heteroatoms. The highest BCUT2D eigenvalue weighted by molar-refractivity contribution is 5.79. The maximum atomic E-state index is 12.8. The van der Waals surface area contributed by atoms with Crippen LogP contribution in [0.15, 0.2) is 18.2 Å². The number of hydrogen-bond donors (Lipinski definition) is 0. The van der Waals surface area contributed by atoms with Crippen molar-refractivity contribution in [3.05, 3.63) is 34.9 Å². The fraction of sp³-hybridized carbons (Fsp3) is 0.562. The summed E-state index contributed by atoms with van der Waals surface area (Å²) in [6.07, 6.45) is -8.40. The highest BCUT2D eigenvalue weighted by Crippen LogP contribution is 2.37. The van der Waals surface area contributed by atoms with E-state index in [1.807, 2.05) is 0 Å². The Bertz CT molecular complexity index is 637. The zero-order valence-corrected chi connectivity index (χ0v) is 13.0. The number of alkyl halides is 6. The number of hydrogen-bond acceptors (Lipinski definition) is 2. The number of amides is 1. The summed E-state index contributed by atoms with van der Waals surface area (Å²) < 4.78 is 82.4. The monoisotopic (exact) mass is 367 g/mol. The van der Waals surface area contributed by atoms with Crippen LogP contribution in [-0.4, -0.2) is 29.5 Å². The summed E-state index contributed by atoms with van der Waals surface area (Å²) in [4.78, 5) is 13.3. The van der Waals surface area contributed by atoms with Gasteiger partial charge in [0.1, 0.15) is 0 Å². The summed E-state index contributed by atoms with van der Waals surface area (Å²) in [6.45, 7) is -0.0407. The van der Waals surface area contributed by atoms with E-state index in [0.29, 0.717) is 37.9 Å². The van der Waals surface area contributed by atoms with Crippen molar-refractivity contribution in [3.8, 4) is 0 Å². The van der Waals surface area contributed by atoms with Crippen molar-refractivity contribution in [1.29, 1.82) is 0 Å². The van der Waals surface area contributed by atoms with Crippen molar-refractivity contribution >= 4 is 5.91 Å². The van der Waals surface area contributed by atoms with Gasteiger partial charge in [-0.3, -0.25) is 4.79 Å². The first kappa shape index (κ1) is 18.0. The third-order valence-electron chi connectivity index (χ3n) is 4.52. The van der Waals surface area contributed by atoms with Crippen molar-refractivity contribution in [2.24, 2.45) is 0 Å². The van der Waals surface area contributed by atoms with Gasteiger partial charge in [0.15, 0.2) is 0 Å². The lowest BCUT2D eigenvalue weighted by Gasteiger charge is -2.17. The summed E-state index contributed by atoms with van der Waals surface area (Å²) in [6, 6.07) is 1.48. The van der Waals surface area contributed by atoms with Gasteiger partial charge in [0, 0.05) is 19.0 Å². The lowest BCUT2D eigenvalue weighted by atomic mass is 10.0. The normalized spacial score (nSPS) is 24.1. The van der Waals surface area contributed by atoms with E-state index in [9.17, 15) is 31.1 Å². The Kier molecular flexibility index (Phi) is 4.47. The van der Waals surface area contributed by atoms with E-state index in [-0.39, 0.29) is 36.3 Å². The molecule has 0 spiro atoms. The average molecular weight is 367 g/mol. The van der Waals surface area contributed by atoms with E-state index >= 15 is 0 Å². The lowest BCUT2D eigenvalue weighted by Crippen LogP contribution is -2.28. The van der Waals surface area contributed by atoms with E-state index < -0.39 is 23.5 Å². The minimum Gasteiger partial charge on any atom is -0.372 e. The highest BCUT2D eigenvalue weighted by atomic mass is 19.4. The SMILES string of the molecule is O=C1CC[C@H]2CC(OCc3cc(C(F)(F)F)cc(C(F)(F)F)c3)CN12. The molecular formula is C16H15F6NO2. The molecule has 0 radical (unpaired) electrons. The van der Waals surface area contributed by atoms with Crippen molar-refractivity contribution in [2.75, 3.05) is 6.54 Å². The summed E-state index contributed by atoms with van der Waals surface area (Å²) in [5, 5.41) is 0. The van der Waals surface area contributed by atoms with Gasteiger partial charge in [0.2, 0.25) is 5.91 Å². The van der Waals surface area contributed by atoms with Crippen LogP contribution < -0.4 is 0 Å². The molecule has 2 saturated heterocycles. The Labute approximate surface area is 139 Å². The van der Waals surface area contributed by atoms with Gasteiger partial charge in [0.05, 0.1) is 23.8 Å². The number of benzene rings is 1. The Morgan fingerprint density at radius 3 is 2.16 bits per heavy atom. The van der Waals surface area contributed by atoms with Gasteiger partial charge in [-0.2, -0.15) is 26.3 Å². The van der Waals surface area contributed by atoms with Crippen LogP contribution in [0.2, 0.25) is 0 Å². The van der Waals surface area contributed by atoms with Crippen molar-refractivity contribution < 1.29 is 35.9 Å². The van der Waals surface area contributed by atoms with Crippen LogP contribution in [0.3, 0.4) is 0 Å². The van der Waals surface area contributed by atoms with Crippen molar-refractivity contribution in [1.82, 2.24) is 4.90 Å². The quantitative estimate of drug-likeness (QED) is 0.756. The minimum atomic E-state index is -4.88. The highest BCUT2D eigenvalue weighted by Gasteiger charge is 2.40. The third kappa shape index (κ3) is 3.91. The number of halogens is 6. The van der Waals surface area contributed by atoms with Crippen LogP contribution in [-0.2, 0) is 28.5 Å². The molecule has 2 aliphatic rings. The molecule has 0 saturated carbocycles. The molecule has 0 aliphatic carbocycles. The molecule has 0 bridgehead atoms. The first-order chi connectivity index (χ1) is 11.5. The predicted molar refractivity (Wildman–Crippen MR) is 74.4 cm³/mol. The van der Waals surface area contributed by atoms with Gasteiger partial charge in [-0.25, -0.2) is 0 Å². The molecule has 2 atom stereocenters. The molecule has 0 aromatic heterocycles. The van der Waals surface area contributed by atoms with Gasteiger partial charge in [0.25, 0.3) is 0 Å². The van der Waals surface area contributed by atoms with E-state index in [4.69, 9.17) is 4.74 Å². The Balaban J connectivity index is 1.73. The molecule has 1 aromatic carbocycles. The van der Waals surface area contributed by atoms with Gasteiger partial charge < -0.3 is 9.64 Å². The van der Waals surface area contributed by atoms with Gasteiger partial charge in [-0.15, -0.1) is 0 Å². The van der Waals surface area contributed by atoms with Crippen LogP contribution in [0.5, 0.6) is 0 Å². The summed E-state index contributed by atoms with van der Waals surface area (Å²) in [5.74, 6) is 0.00882. The second kappa shape index (κ2) is 6.19. The number of nitrogens with zero attached hydrogens (tertiary/aromatic N) is 1. The molecule has 2 fully saturated rings. The van der Waals surface area contributed by atoms with Crippen LogP contribution in [0.4, 0.5) is 26.3 Å². The maximum absolute atomic E-state index is 12.8. The maximum Gasteiger partial charge on any atom is 0.416 e. The van der Waals surface area contributed by atoms with Gasteiger partial charge >= 0.3 is 12.4 Å². The number of carbonyl (C=O) groups excluding carboxylic acids is 1. The molecule has 138 valence electrons. The molecule has 1 aromatic rings. The topological polar surface area (TPSA) is 29.5 Å². The van der Waals surface area contributed by atoms with E-state index in [2.05, 4.69) is 0 Å². The van der Waals surface area contributed by atoms with Crippen LogP contribution in [0.1, 0.15) is 36.0 Å². The van der Waals surface area contributed by atoms with Crippen LogP contribution >= 0.6 is 0 Å². The first-order valence-corrected chi connectivity index (χ1v) is 7.73. The third-order valence-corrected chi connectivity index (χ3v) is 4.52. The molecule has 2 aliphatic heterocycles. The lowest BCUT2D eigenvalue weighted by molar-refractivity contribution is -0.143. The summed E-state index contributed by atoms with van der Waals surface area (Å²) in [7, 11) is 0. The van der Waals surface area contributed by atoms with E-state index in [1.165, 1.54) is 0 Å². The number of fused-ring (bicyclic) bond motifs is 1. The standard InChI is InChI=1S/C16H15F6NO2/c17-15(18,19)10-3-9(4-11(5-10)16(20,21)22)8-25-13-6-12-1-2-14(24)23(12)7-13/h3-5,12-13H,1-2,6-8H2/t12-,13?/m0/s1. The zero-order valence-electron chi connectivity index (χ0n) is 13.0. The zero-order chi connectivity index (χ0) is 18.4. The number of carbonyl (C=O) groups is 1. The van der Waals surface area contributed by atoms with Crippen LogP contribution in [0.25, 0.3) is 0 Å². The smallest absolute Gasteiger partial charge is 0.372 e. The number of ether oxygens (including phenoxy) is 1. The molecule has 1 amide bonds. The molecule has 1 unspecified atom stereocenters. The molecule has 25 heavy (non-hydrogen) atoms. The fourth-order valence-corrected chi connectivity index (χ4v) is 3.32. The summed E-state index contributed by atoms with van der Waals surface area (Å²) >= 11 is 0. The average Bonchev–Trinajstić information content (AvgIpc) is 3.05. The largest absolute Gasteiger partial charge is 0.416 e. The second-order valence-corrected chi connectivity index (χ2v) is 6.32. The first-order valence-electron chi connectivity index (χ1n) is 7.73.